The lowest BCUT2D eigenvalue weighted by molar-refractivity contribution is 0.0327. The quantitative estimate of drug-likeness (QED) is 0.706. The van der Waals surface area contributed by atoms with E-state index < -0.39 is 20.1 Å². The van der Waals surface area contributed by atoms with Gasteiger partial charge in [0.15, 0.2) is 0 Å². The van der Waals surface area contributed by atoms with E-state index >= 15 is 0 Å². The lowest BCUT2D eigenvalue weighted by Gasteiger charge is -2.21. The Morgan fingerprint density at radius 2 is 1.40 bits per heavy atom. The zero-order valence-electron chi connectivity index (χ0n) is 9.04. The third kappa shape index (κ3) is 1.82. The molecular weight excluding hydrogens is 207 g/mol. The molecule has 3 heteroatoms. The van der Waals surface area contributed by atoms with Crippen LogP contribution in [-0.2, 0) is 0 Å². The van der Waals surface area contributed by atoms with Gasteiger partial charge in [-0.3, -0.25) is 0 Å². The first-order valence-corrected chi connectivity index (χ1v) is 6.80. The molecule has 0 bridgehead atoms. The molecule has 0 saturated carbocycles. The molecule has 2 rings (SSSR count). The van der Waals surface area contributed by atoms with E-state index in [1.165, 1.54) is 5.30 Å². The molecule has 0 aliphatic carbocycles. The maximum absolute atomic E-state index is 9.83. The van der Waals surface area contributed by atoms with Crippen LogP contribution in [0, 0.1) is 0 Å². The summed E-state index contributed by atoms with van der Waals surface area (Å²) in [6.45, 7) is 4.08. The molecule has 0 amide bonds. The average molecular weight is 224 g/mol. The highest BCUT2D eigenvalue weighted by Crippen LogP contribution is 2.54. The smallest absolute Gasteiger partial charge is 0.0872 e. The number of aliphatic hydroxyl groups excluding tert-OH is 2. The van der Waals surface area contributed by atoms with Gasteiger partial charge < -0.3 is 10.2 Å². The predicted octanol–water partition coefficient (Wildman–Crippen LogP) is 1.31. The van der Waals surface area contributed by atoms with Crippen LogP contribution in [0.4, 0.5) is 0 Å². The van der Waals surface area contributed by atoms with Gasteiger partial charge in [-0.05, 0) is 5.30 Å². The zero-order chi connectivity index (χ0) is 11.0. The van der Waals surface area contributed by atoms with Crippen LogP contribution in [0.5, 0.6) is 0 Å². The van der Waals surface area contributed by atoms with E-state index in [-0.39, 0.29) is 11.3 Å². The highest BCUT2D eigenvalue weighted by molar-refractivity contribution is 7.67. The van der Waals surface area contributed by atoms with Crippen LogP contribution in [0.1, 0.15) is 13.8 Å². The van der Waals surface area contributed by atoms with Crippen LogP contribution in [0.25, 0.3) is 0 Å². The fraction of sp³-hybridized carbons (Fsp3) is 0.500. The van der Waals surface area contributed by atoms with E-state index in [9.17, 15) is 10.2 Å². The summed E-state index contributed by atoms with van der Waals surface area (Å²) in [7, 11) is -0.441. The van der Waals surface area contributed by atoms with Crippen molar-refractivity contribution in [2.24, 2.45) is 0 Å². The molecule has 1 aromatic rings. The lowest BCUT2D eigenvalue weighted by Crippen LogP contribution is -2.30. The molecule has 0 unspecified atom stereocenters. The van der Waals surface area contributed by atoms with Crippen molar-refractivity contribution in [2.75, 3.05) is 0 Å². The average Bonchev–Trinajstić information content (AvgIpc) is 2.45. The predicted molar refractivity (Wildman–Crippen MR) is 63.9 cm³/mol. The van der Waals surface area contributed by atoms with E-state index in [1.807, 2.05) is 32.0 Å². The molecule has 1 aliphatic heterocycles. The third-order valence-corrected chi connectivity index (χ3v) is 6.53. The Labute approximate surface area is 91.7 Å². The van der Waals surface area contributed by atoms with Gasteiger partial charge in [0.2, 0.25) is 0 Å². The highest BCUT2D eigenvalue weighted by atomic mass is 31.1. The Morgan fingerprint density at radius 1 is 0.933 bits per heavy atom. The maximum Gasteiger partial charge on any atom is 0.0872 e. The molecule has 1 aromatic carbocycles. The summed E-state index contributed by atoms with van der Waals surface area (Å²) < 4.78 is 0. The van der Waals surface area contributed by atoms with E-state index in [1.54, 1.807) is 0 Å². The number of hydrogen-bond acceptors (Lipinski definition) is 2. The van der Waals surface area contributed by atoms with Crippen LogP contribution in [0.3, 0.4) is 0 Å². The van der Waals surface area contributed by atoms with Crippen molar-refractivity contribution in [1.82, 2.24) is 0 Å². The van der Waals surface area contributed by atoms with Crippen molar-refractivity contribution >= 4 is 13.2 Å². The molecule has 15 heavy (non-hydrogen) atoms. The van der Waals surface area contributed by atoms with Gasteiger partial charge in [0.1, 0.15) is 0 Å². The van der Waals surface area contributed by atoms with Crippen molar-refractivity contribution in [3.05, 3.63) is 30.3 Å². The van der Waals surface area contributed by atoms with Crippen LogP contribution in [0.15, 0.2) is 30.3 Å². The standard InChI is InChI=1S/C12H17O2P/c1-8-11(13)12(14)9(2)15(8)10-6-4-3-5-7-10/h3-9,11-14H,1-2H3/t8-,9-,11+,12+/m0/s1. The minimum absolute atomic E-state index is 0.187. The van der Waals surface area contributed by atoms with Crippen LogP contribution < -0.4 is 5.30 Å². The van der Waals surface area contributed by atoms with E-state index in [2.05, 4.69) is 12.1 Å². The molecule has 1 aliphatic rings. The molecule has 0 spiro atoms. The molecule has 1 fully saturated rings. The molecule has 0 aromatic heterocycles. The van der Waals surface area contributed by atoms with Crippen LogP contribution >= 0.6 is 7.92 Å². The van der Waals surface area contributed by atoms with Crippen molar-refractivity contribution in [2.45, 2.75) is 37.4 Å². The van der Waals surface area contributed by atoms with Gasteiger partial charge >= 0.3 is 0 Å². The van der Waals surface area contributed by atoms with E-state index in [0.717, 1.165) is 0 Å². The monoisotopic (exact) mass is 224 g/mol. The van der Waals surface area contributed by atoms with Gasteiger partial charge in [-0.1, -0.05) is 52.1 Å². The number of benzene rings is 1. The Hall–Kier alpha value is -0.430. The van der Waals surface area contributed by atoms with Crippen molar-refractivity contribution in [1.29, 1.82) is 0 Å². The third-order valence-electron chi connectivity index (χ3n) is 3.27. The van der Waals surface area contributed by atoms with Gasteiger partial charge in [-0.25, -0.2) is 0 Å². The second kappa shape index (κ2) is 4.21. The SMILES string of the molecule is C[C@H]1[C@@H](O)[C@H](O)[C@H](C)P1c1ccccc1. The topological polar surface area (TPSA) is 40.5 Å². The highest BCUT2D eigenvalue weighted by Gasteiger charge is 2.44. The molecule has 0 radical (unpaired) electrons. The first kappa shape index (κ1) is 11.1. The number of rotatable bonds is 1. The summed E-state index contributed by atoms with van der Waals surface area (Å²) in [5.41, 5.74) is 0.375. The van der Waals surface area contributed by atoms with Crippen LogP contribution in [0.2, 0.25) is 0 Å². The van der Waals surface area contributed by atoms with Crippen molar-refractivity contribution in [3.8, 4) is 0 Å². The zero-order valence-corrected chi connectivity index (χ0v) is 9.93. The summed E-state index contributed by atoms with van der Waals surface area (Å²) >= 11 is 0. The van der Waals surface area contributed by atoms with Gasteiger partial charge in [0, 0.05) is 11.3 Å². The maximum atomic E-state index is 9.83. The number of hydrogen-bond donors (Lipinski definition) is 2. The summed E-state index contributed by atoms with van der Waals surface area (Å²) in [4.78, 5) is 0. The second-order valence-electron chi connectivity index (χ2n) is 4.21. The Morgan fingerprint density at radius 3 is 1.87 bits per heavy atom. The Kier molecular flexibility index (Phi) is 3.11. The van der Waals surface area contributed by atoms with Gasteiger partial charge in [0.25, 0.3) is 0 Å². The summed E-state index contributed by atoms with van der Waals surface area (Å²) in [6.07, 6.45) is -1.13. The Balaban J connectivity index is 2.30. The molecule has 82 valence electrons. The van der Waals surface area contributed by atoms with Crippen molar-refractivity contribution < 1.29 is 10.2 Å². The molecule has 1 saturated heterocycles. The van der Waals surface area contributed by atoms with Gasteiger partial charge in [-0.15, -0.1) is 0 Å². The minimum atomic E-state index is -0.564. The number of aliphatic hydroxyl groups is 2. The summed E-state index contributed by atoms with van der Waals surface area (Å²) in [5.74, 6) is 0. The fourth-order valence-electron chi connectivity index (χ4n) is 2.34. The summed E-state index contributed by atoms with van der Waals surface area (Å²) in [5, 5.41) is 20.9. The first-order valence-electron chi connectivity index (χ1n) is 5.32. The van der Waals surface area contributed by atoms with Crippen molar-refractivity contribution in [3.63, 3.8) is 0 Å². The molecule has 2 N–H and O–H groups in total. The van der Waals surface area contributed by atoms with Crippen LogP contribution in [-0.4, -0.2) is 33.7 Å². The van der Waals surface area contributed by atoms with E-state index in [0.29, 0.717) is 0 Å². The Bertz CT molecular complexity index is 314. The molecule has 2 nitrogen and oxygen atoms in total. The largest absolute Gasteiger partial charge is 0.390 e. The molecule has 4 atom stereocenters. The normalized spacial score (nSPS) is 40.7. The van der Waals surface area contributed by atoms with E-state index in [4.69, 9.17) is 0 Å². The van der Waals surface area contributed by atoms with Gasteiger partial charge in [-0.2, -0.15) is 0 Å². The lowest BCUT2D eigenvalue weighted by atomic mass is 10.1. The molecular formula is C12H17O2P. The second-order valence-corrected chi connectivity index (χ2v) is 7.17. The molecule has 1 heterocycles. The van der Waals surface area contributed by atoms with Gasteiger partial charge in [0.05, 0.1) is 12.2 Å². The minimum Gasteiger partial charge on any atom is -0.390 e. The summed E-state index contributed by atoms with van der Waals surface area (Å²) in [6, 6.07) is 10.2. The first-order chi connectivity index (χ1) is 7.13. The fourth-order valence-corrected chi connectivity index (χ4v) is 5.55.